The second-order valence-corrected chi connectivity index (χ2v) is 7.01. The summed E-state index contributed by atoms with van der Waals surface area (Å²) in [5, 5.41) is 0.242. The van der Waals surface area contributed by atoms with E-state index in [2.05, 4.69) is 25.8 Å². The van der Waals surface area contributed by atoms with Crippen LogP contribution in [0.4, 0.5) is 0 Å². The zero-order valence-electron chi connectivity index (χ0n) is 12.6. The Morgan fingerprint density at radius 1 is 1.32 bits per heavy atom. The number of ketones is 1. The van der Waals surface area contributed by atoms with E-state index >= 15 is 0 Å². The van der Waals surface area contributed by atoms with E-state index in [0.29, 0.717) is 18.1 Å². The van der Waals surface area contributed by atoms with Crippen molar-refractivity contribution in [3.8, 4) is 0 Å². The molecule has 1 unspecified atom stereocenters. The second-order valence-electron chi connectivity index (χ2n) is 5.77. The van der Waals surface area contributed by atoms with Gasteiger partial charge in [-0.15, -0.1) is 0 Å². The first-order chi connectivity index (χ1) is 8.91. The molecule has 106 valence electrons. The van der Waals surface area contributed by atoms with Gasteiger partial charge in [0, 0.05) is 30.0 Å². The van der Waals surface area contributed by atoms with Gasteiger partial charge >= 0.3 is 0 Å². The van der Waals surface area contributed by atoms with Crippen molar-refractivity contribution in [1.29, 1.82) is 0 Å². The molecule has 0 aliphatic rings. The lowest BCUT2D eigenvalue weighted by Gasteiger charge is -2.20. The van der Waals surface area contributed by atoms with Crippen molar-refractivity contribution in [2.45, 2.75) is 46.3 Å². The molecule has 1 rings (SSSR count). The highest BCUT2D eigenvalue weighted by Gasteiger charge is 2.20. The Morgan fingerprint density at radius 2 is 2.00 bits per heavy atom. The normalized spacial score (nSPS) is 13.0. The maximum absolute atomic E-state index is 12.0. The smallest absolute Gasteiger partial charge is 0.136 e. The lowest BCUT2D eigenvalue weighted by molar-refractivity contribution is -0.121. The molecule has 0 aliphatic carbocycles. The summed E-state index contributed by atoms with van der Waals surface area (Å²) in [6.07, 6.45) is 4.34. The molecule has 0 bridgehead atoms. The van der Waals surface area contributed by atoms with E-state index in [9.17, 15) is 4.79 Å². The Morgan fingerprint density at radius 3 is 2.53 bits per heavy atom. The van der Waals surface area contributed by atoms with Crippen molar-refractivity contribution in [2.75, 3.05) is 5.75 Å². The minimum Gasteiger partial charge on any atom is -0.299 e. The number of hydrogen-bond acceptors (Lipinski definition) is 3. The summed E-state index contributed by atoms with van der Waals surface area (Å²) < 4.78 is 0. The highest BCUT2D eigenvalue weighted by molar-refractivity contribution is 7.99. The van der Waals surface area contributed by atoms with Crippen molar-refractivity contribution < 1.29 is 4.79 Å². The first kappa shape index (κ1) is 16.2. The Labute approximate surface area is 121 Å². The van der Waals surface area contributed by atoms with Crippen LogP contribution in [0.3, 0.4) is 0 Å². The molecule has 0 aliphatic heterocycles. The van der Waals surface area contributed by atoms with Gasteiger partial charge in [-0.2, -0.15) is 11.8 Å². The van der Waals surface area contributed by atoms with E-state index in [4.69, 9.17) is 0 Å². The van der Waals surface area contributed by atoms with Crippen LogP contribution in [0.15, 0.2) is 18.5 Å². The molecule has 1 aromatic heterocycles. The average molecular weight is 279 g/mol. The number of carbonyl (C=O) groups excluding carboxylic acids is 1. The Kier molecular flexibility index (Phi) is 6.56. The number of aromatic nitrogens is 1. The van der Waals surface area contributed by atoms with Crippen LogP contribution in [-0.4, -0.2) is 16.5 Å². The molecule has 0 saturated carbocycles. The molecule has 0 fully saturated rings. The summed E-state index contributed by atoms with van der Waals surface area (Å²) in [5.74, 6) is 2.16. The van der Waals surface area contributed by atoms with E-state index in [-0.39, 0.29) is 11.2 Å². The third-order valence-electron chi connectivity index (χ3n) is 3.09. The lowest BCUT2D eigenvalue weighted by atomic mass is 9.99. The standard InChI is InChI=1S/C16H25NOS/c1-11(2)10-19-16(8-15(18)12(3)4)14-9-17-7-6-13(14)5/h6-7,9,11-12,16H,8,10H2,1-5H3. The van der Waals surface area contributed by atoms with Gasteiger partial charge in [-0.05, 0) is 35.8 Å². The summed E-state index contributed by atoms with van der Waals surface area (Å²) in [5.41, 5.74) is 2.44. The van der Waals surface area contributed by atoms with Crippen LogP contribution in [0.1, 0.15) is 50.5 Å². The summed E-state index contributed by atoms with van der Waals surface area (Å²) in [6, 6.07) is 2.03. The van der Waals surface area contributed by atoms with Crippen LogP contribution in [0.25, 0.3) is 0 Å². The number of hydrogen-bond donors (Lipinski definition) is 0. The van der Waals surface area contributed by atoms with Crippen LogP contribution in [0.5, 0.6) is 0 Å². The monoisotopic (exact) mass is 279 g/mol. The van der Waals surface area contributed by atoms with E-state index in [0.717, 1.165) is 5.75 Å². The minimum absolute atomic E-state index is 0.110. The van der Waals surface area contributed by atoms with Crippen molar-refractivity contribution in [2.24, 2.45) is 11.8 Å². The fourth-order valence-corrected chi connectivity index (χ4v) is 3.12. The third-order valence-corrected chi connectivity index (χ3v) is 4.77. The minimum atomic E-state index is 0.110. The summed E-state index contributed by atoms with van der Waals surface area (Å²) in [4.78, 5) is 16.3. The second kappa shape index (κ2) is 7.68. The van der Waals surface area contributed by atoms with Gasteiger partial charge in [0.1, 0.15) is 5.78 Å². The number of thioether (sulfide) groups is 1. The van der Waals surface area contributed by atoms with Crippen LogP contribution in [0, 0.1) is 18.8 Å². The molecular formula is C16H25NOS. The van der Waals surface area contributed by atoms with Gasteiger partial charge in [0.2, 0.25) is 0 Å². The van der Waals surface area contributed by atoms with Gasteiger partial charge in [0.25, 0.3) is 0 Å². The molecule has 1 aromatic rings. The predicted octanol–water partition coefficient (Wildman–Crippen LogP) is 4.44. The van der Waals surface area contributed by atoms with E-state index in [1.54, 1.807) is 0 Å². The Balaban J connectivity index is 2.86. The SMILES string of the molecule is Cc1ccncc1C(CC(=O)C(C)C)SCC(C)C. The summed E-state index contributed by atoms with van der Waals surface area (Å²) >= 11 is 1.88. The number of aryl methyl sites for hydroxylation is 1. The Bertz CT molecular complexity index is 415. The Hall–Kier alpha value is -0.830. The first-order valence-electron chi connectivity index (χ1n) is 6.96. The quantitative estimate of drug-likeness (QED) is 0.739. The zero-order valence-corrected chi connectivity index (χ0v) is 13.5. The maximum Gasteiger partial charge on any atom is 0.136 e. The van der Waals surface area contributed by atoms with Crippen molar-refractivity contribution in [3.05, 3.63) is 29.6 Å². The first-order valence-corrected chi connectivity index (χ1v) is 8.01. The molecule has 2 nitrogen and oxygen atoms in total. The van der Waals surface area contributed by atoms with Crippen molar-refractivity contribution in [1.82, 2.24) is 4.98 Å². The molecule has 0 spiro atoms. The molecule has 19 heavy (non-hydrogen) atoms. The van der Waals surface area contributed by atoms with E-state index in [1.165, 1.54) is 11.1 Å². The molecule has 1 heterocycles. The molecular weight excluding hydrogens is 254 g/mol. The maximum atomic E-state index is 12.0. The van der Waals surface area contributed by atoms with Gasteiger partial charge < -0.3 is 0 Å². The van der Waals surface area contributed by atoms with Gasteiger partial charge in [-0.1, -0.05) is 27.7 Å². The number of nitrogens with zero attached hydrogens (tertiary/aromatic N) is 1. The van der Waals surface area contributed by atoms with Crippen LogP contribution in [0.2, 0.25) is 0 Å². The molecule has 0 saturated heterocycles. The number of pyridine rings is 1. The number of rotatable bonds is 7. The van der Waals surface area contributed by atoms with Gasteiger partial charge in [-0.25, -0.2) is 0 Å². The van der Waals surface area contributed by atoms with Gasteiger partial charge in [0.15, 0.2) is 0 Å². The van der Waals surface area contributed by atoms with Gasteiger partial charge in [0.05, 0.1) is 0 Å². The zero-order chi connectivity index (χ0) is 14.4. The predicted molar refractivity (Wildman–Crippen MR) is 83.5 cm³/mol. The molecule has 0 N–H and O–H groups in total. The highest BCUT2D eigenvalue weighted by atomic mass is 32.2. The molecule has 3 heteroatoms. The van der Waals surface area contributed by atoms with Crippen molar-refractivity contribution in [3.63, 3.8) is 0 Å². The van der Waals surface area contributed by atoms with Gasteiger partial charge in [-0.3, -0.25) is 9.78 Å². The summed E-state index contributed by atoms with van der Waals surface area (Å²) in [6.45, 7) is 10.5. The lowest BCUT2D eigenvalue weighted by Crippen LogP contribution is -2.12. The highest BCUT2D eigenvalue weighted by Crippen LogP contribution is 2.35. The number of carbonyl (C=O) groups is 1. The number of Topliss-reactive ketones (excluding diaryl/α,β-unsaturated/α-hetero) is 1. The largest absolute Gasteiger partial charge is 0.299 e. The fraction of sp³-hybridized carbons (Fsp3) is 0.625. The van der Waals surface area contributed by atoms with E-state index < -0.39 is 0 Å². The van der Waals surface area contributed by atoms with E-state index in [1.807, 2.05) is 44.1 Å². The molecule has 0 radical (unpaired) electrons. The average Bonchev–Trinajstić information content (AvgIpc) is 2.34. The van der Waals surface area contributed by atoms with Crippen LogP contribution >= 0.6 is 11.8 Å². The molecule has 0 aromatic carbocycles. The van der Waals surface area contributed by atoms with Crippen LogP contribution in [-0.2, 0) is 4.79 Å². The third kappa shape index (κ3) is 5.35. The van der Waals surface area contributed by atoms with Crippen molar-refractivity contribution >= 4 is 17.5 Å². The molecule has 1 atom stereocenters. The summed E-state index contributed by atoms with van der Waals surface area (Å²) in [7, 11) is 0. The molecule has 0 amide bonds. The fourth-order valence-electron chi connectivity index (χ4n) is 1.80. The van der Waals surface area contributed by atoms with Crippen LogP contribution < -0.4 is 0 Å². The topological polar surface area (TPSA) is 30.0 Å².